The van der Waals surface area contributed by atoms with Crippen LogP contribution in [0.2, 0.25) is 0 Å². The molecule has 2 aromatic heterocycles. The van der Waals surface area contributed by atoms with Crippen LogP contribution < -0.4 is 5.73 Å². The van der Waals surface area contributed by atoms with Gasteiger partial charge < -0.3 is 5.73 Å². The molecule has 0 spiro atoms. The van der Waals surface area contributed by atoms with Gasteiger partial charge in [-0.25, -0.2) is 9.67 Å². The summed E-state index contributed by atoms with van der Waals surface area (Å²) in [6.45, 7) is 0. The van der Waals surface area contributed by atoms with Crippen LogP contribution in [0.5, 0.6) is 0 Å². The fourth-order valence-corrected chi connectivity index (χ4v) is 1.99. The van der Waals surface area contributed by atoms with Gasteiger partial charge in [0.05, 0.1) is 0 Å². The Morgan fingerprint density at radius 1 is 1.38 bits per heavy atom. The highest BCUT2D eigenvalue weighted by molar-refractivity contribution is 5.47. The van der Waals surface area contributed by atoms with Gasteiger partial charge in [-0.15, -0.1) is 5.10 Å². The van der Waals surface area contributed by atoms with E-state index in [2.05, 4.69) is 15.1 Å². The number of hydrogen-bond donors (Lipinski definition) is 1. The standard InChI is InChI=1S/C11H13N5/c12-9-5-3-6-10-14-11(15-16(9)10)8-4-1-2-7-13-8/h1-2,4,7,9H,3,5-6,12H2. The molecule has 16 heavy (non-hydrogen) atoms. The molecule has 0 saturated carbocycles. The van der Waals surface area contributed by atoms with Gasteiger partial charge in [-0.3, -0.25) is 4.98 Å². The summed E-state index contributed by atoms with van der Waals surface area (Å²) >= 11 is 0. The summed E-state index contributed by atoms with van der Waals surface area (Å²) in [6, 6.07) is 5.72. The number of hydrogen-bond acceptors (Lipinski definition) is 4. The van der Waals surface area contributed by atoms with Crippen molar-refractivity contribution >= 4 is 0 Å². The summed E-state index contributed by atoms with van der Waals surface area (Å²) in [4.78, 5) is 8.72. The molecule has 0 aromatic carbocycles. The van der Waals surface area contributed by atoms with E-state index in [1.54, 1.807) is 6.20 Å². The lowest BCUT2D eigenvalue weighted by Gasteiger charge is -2.18. The average Bonchev–Trinajstić information content (AvgIpc) is 2.76. The molecule has 2 aromatic rings. The third-order valence-electron chi connectivity index (χ3n) is 2.81. The lowest BCUT2D eigenvalue weighted by molar-refractivity contribution is 0.373. The molecule has 2 N–H and O–H groups in total. The normalized spacial score (nSPS) is 19.4. The minimum Gasteiger partial charge on any atom is -0.310 e. The largest absolute Gasteiger partial charge is 0.310 e. The van der Waals surface area contributed by atoms with Gasteiger partial charge in [0.15, 0.2) is 5.82 Å². The topological polar surface area (TPSA) is 69.6 Å². The van der Waals surface area contributed by atoms with Gasteiger partial charge in [0, 0.05) is 12.6 Å². The van der Waals surface area contributed by atoms with Crippen molar-refractivity contribution in [2.75, 3.05) is 0 Å². The predicted molar refractivity (Wildman–Crippen MR) is 59.4 cm³/mol. The van der Waals surface area contributed by atoms with Crippen LogP contribution >= 0.6 is 0 Å². The first-order valence-electron chi connectivity index (χ1n) is 5.47. The van der Waals surface area contributed by atoms with Crippen molar-refractivity contribution in [3.05, 3.63) is 30.2 Å². The van der Waals surface area contributed by atoms with Crippen LogP contribution in [0.15, 0.2) is 24.4 Å². The van der Waals surface area contributed by atoms with Gasteiger partial charge in [0.1, 0.15) is 17.7 Å². The maximum atomic E-state index is 5.98. The van der Waals surface area contributed by atoms with E-state index in [1.807, 2.05) is 22.9 Å². The Kier molecular flexibility index (Phi) is 2.18. The van der Waals surface area contributed by atoms with Crippen LogP contribution in [0, 0.1) is 0 Å². The van der Waals surface area contributed by atoms with E-state index >= 15 is 0 Å². The molecule has 1 aliphatic rings. The molecule has 1 aliphatic heterocycles. The van der Waals surface area contributed by atoms with E-state index in [9.17, 15) is 0 Å². The first-order valence-corrected chi connectivity index (χ1v) is 5.47. The van der Waals surface area contributed by atoms with Crippen LogP contribution in [0.25, 0.3) is 11.5 Å². The summed E-state index contributed by atoms with van der Waals surface area (Å²) in [7, 11) is 0. The number of nitrogens with zero attached hydrogens (tertiary/aromatic N) is 4. The van der Waals surface area contributed by atoms with E-state index in [0.717, 1.165) is 30.8 Å². The highest BCUT2D eigenvalue weighted by atomic mass is 15.4. The molecule has 0 aliphatic carbocycles. The first kappa shape index (κ1) is 9.47. The number of aryl methyl sites for hydroxylation is 1. The van der Waals surface area contributed by atoms with Gasteiger partial charge in [0.25, 0.3) is 0 Å². The number of aromatic nitrogens is 4. The number of nitrogens with two attached hydrogens (primary N) is 1. The third kappa shape index (κ3) is 1.49. The van der Waals surface area contributed by atoms with E-state index < -0.39 is 0 Å². The van der Waals surface area contributed by atoms with Crippen molar-refractivity contribution in [3.63, 3.8) is 0 Å². The Morgan fingerprint density at radius 3 is 3.06 bits per heavy atom. The average molecular weight is 215 g/mol. The predicted octanol–water partition coefficient (Wildman–Crippen LogP) is 1.13. The molecule has 0 radical (unpaired) electrons. The number of fused-ring (bicyclic) bond motifs is 1. The second-order valence-corrected chi connectivity index (χ2v) is 3.97. The van der Waals surface area contributed by atoms with Crippen molar-refractivity contribution in [1.82, 2.24) is 19.7 Å². The minimum absolute atomic E-state index is 0.0336. The van der Waals surface area contributed by atoms with Crippen molar-refractivity contribution in [1.29, 1.82) is 0 Å². The maximum Gasteiger partial charge on any atom is 0.200 e. The van der Waals surface area contributed by atoms with E-state index in [4.69, 9.17) is 5.73 Å². The fourth-order valence-electron chi connectivity index (χ4n) is 1.99. The monoisotopic (exact) mass is 215 g/mol. The zero-order valence-corrected chi connectivity index (χ0v) is 8.87. The lowest BCUT2D eigenvalue weighted by atomic mass is 10.1. The van der Waals surface area contributed by atoms with E-state index in [1.165, 1.54) is 0 Å². The zero-order valence-electron chi connectivity index (χ0n) is 8.87. The Hall–Kier alpha value is -1.75. The molecule has 0 fully saturated rings. The molecule has 0 saturated heterocycles. The molecule has 82 valence electrons. The molecule has 3 rings (SSSR count). The summed E-state index contributed by atoms with van der Waals surface area (Å²) in [5.74, 6) is 1.65. The maximum absolute atomic E-state index is 5.98. The molecule has 1 unspecified atom stereocenters. The first-order chi connectivity index (χ1) is 7.84. The zero-order chi connectivity index (χ0) is 11.0. The summed E-state index contributed by atoms with van der Waals surface area (Å²) in [5, 5.41) is 4.42. The quantitative estimate of drug-likeness (QED) is 0.774. The fraction of sp³-hybridized carbons (Fsp3) is 0.364. The smallest absolute Gasteiger partial charge is 0.200 e. The third-order valence-corrected chi connectivity index (χ3v) is 2.81. The lowest BCUT2D eigenvalue weighted by Crippen LogP contribution is -2.25. The highest BCUT2D eigenvalue weighted by Crippen LogP contribution is 2.21. The van der Waals surface area contributed by atoms with Crippen molar-refractivity contribution in [2.24, 2.45) is 5.73 Å². The SMILES string of the molecule is NC1CCCc2nc(-c3ccccn3)nn21. The Balaban J connectivity index is 2.05. The highest BCUT2D eigenvalue weighted by Gasteiger charge is 2.20. The van der Waals surface area contributed by atoms with Crippen LogP contribution in [-0.2, 0) is 6.42 Å². The van der Waals surface area contributed by atoms with Crippen LogP contribution in [-0.4, -0.2) is 19.7 Å². The van der Waals surface area contributed by atoms with Crippen molar-refractivity contribution < 1.29 is 0 Å². The van der Waals surface area contributed by atoms with Crippen molar-refractivity contribution in [3.8, 4) is 11.5 Å². The van der Waals surface area contributed by atoms with Gasteiger partial charge in [-0.05, 0) is 25.0 Å². The molecular weight excluding hydrogens is 202 g/mol. The number of rotatable bonds is 1. The molecule has 0 bridgehead atoms. The van der Waals surface area contributed by atoms with Crippen molar-refractivity contribution in [2.45, 2.75) is 25.4 Å². The second kappa shape index (κ2) is 3.68. The summed E-state index contributed by atoms with van der Waals surface area (Å²) in [6.07, 6.45) is 4.72. The van der Waals surface area contributed by atoms with E-state index in [-0.39, 0.29) is 6.17 Å². The van der Waals surface area contributed by atoms with Crippen LogP contribution in [0.1, 0.15) is 24.8 Å². The summed E-state index contributed by atoms with van der Waals surface area (Å²) < 4.78 is 1.83. The van der Waals surface area contributed by atoms with Gasteiger partial charge in [-0.1, -0.05) is 6.07 Å². The van der Waals surface area contributed by atoms with E-state index in [0.29, 0.717) is 5.82 Å². The Labute approximate surface area is 93.3 Å². The molecule has 3 heterocycles. The van der Waals surface area contributed by atoms with Crippen LogP contribution in [0.3, 0.4) is 0 Å². The molecule has 0 amide bonds. The molecule has 5 heteroatoms. The van der Waals surface area contributed by atoms with Gasteiger partial charge >= 0.3 is 0 Å². The van der Waals surface area contributed by atoms with Gasteiger partial charge in [-0.2, -0.15) is 0 Å². The minimum atomic E-state index is -0.0336. The summed E-state index contributed by atoms with van der Waals surface area (Å²) in [5.41, 5.74) is 6.78. The molecule has 1 atom stereocenters. The second-order valence-electron chi connectivity index (χ2n) is 3.97. The molecular formula is C11H13N5. The van der Waals surface area contributed by atoms with Gasteiger partial charge in [0.2, 0.25) is 0 Å². The van der Waals surface area contributed by atoms with Crippen LogP contribution in [0.4, 0.5) is 0 Å². The molecule has 5 nitrogen and oxygen atoms in total. The Morgan fingerprint density at radius 2 is 2.31 bits per heavy atom. The Bertz CT molecular complexity index is 490. The number of pyridine rings is 1.